The van der Waals surface area contributed by atoms with Gasteiger partial charge in [-0.25, -0.2) is 0 Å². The van der Waals surface area contributed by atoms with Gasteiger partial charge in [0.05, 0.1) is 13.0 Å². The van der Waals surface area contributed by atoms with Gasteiger partial charge in [0, 0.05) is 11.8 Å². The molecule has 3 nitrogen and oxygen atoms in total. The number of methoxy groups -OCH3 is 1. The zero-order valence-corrected chi connectivity index (χ0v) is 13.3. The number of hydrogen-bond acceptors (Lipinski definition) is 3. The maximum absolute atomic E-state index is 12.2. The number of hydrogen-bond donors (Lipinski definition) is 0. The lowest BCUT2D eigenvalue weighted by Gasteiger charge is -2.21. The van der Waals surface area contributed by atoms with Crippen molar-refractivity contribution in [1.29, 1.82) is 0 Å². The number of ether oxygens (including phenoxy) is 1. The molecule has 3 heteroatoms. The van der Waals surface area contributed by atoms with Crippen molar-refractivity contribution < 1.29 is 14.3 Å². The van der Waals surface area contributed by atoms with E-state index >= 15 is 0 Å². The summed E-state index contributed by atoms with van der Waals surface area (Å²) in [5.41, 5.74) is 1.53. The standard InChI is InChI=1S/C18H24O3/c1-6-13-9-7-8-10-14(13)11-15(17(20)21-5)12-16(19)18(2,3)4/h6-10,15H,1,11-12H2,2-5H3. The van der Waals surface area contributed by atoms with Crippen molar-refractivity contribution >= 4 is 17.8 Å². The molecule has 1 atom stereocenters. The number of esters is 1. The Hall–Kier alpha value is -1.90. The van der Waals surface area contributed by atoms with Crippen molar-refractivity contribution in [3.05, 3.63) is 42.0 Å². The van der Waals surface area contributed by atoms with E-state index in [1.165, 1.54) is 7.11 Å². The summed E-state index contributed by atoms with van der Waals surface area (Å²) in [6.07, 6.45) is 2.44. The average Bonchev–Trinajstić information content (AvgIpc) is 2.45. The van der Waals surface area contributed by atoms with E-state index < -0.39 is 11.3 Å². The van der Waals surface area contributed by atoms with Crippen molar-refractivity contribution in [2.75, 3.05) is 7.11 Å². The van der Waals surface area contributed by atoms with Gasteiger partial charge in [-0.05, 0) is 17.5 Å². The number of carbonyl (C=O) groups is 2. The Kier molecular flexibility index (Phi) is 5.89. The third kappa shape index (κ3) is 4.85. The first-order valence-electron chi connectivity index (χ1n) is 7.11. The fourth-order valence-electron chi connectivity index (χ4n) is 2.12. The first-order chi connectivity index (χ1) is 9.79. The molecule has 0 spiro atoms. The highest BCUT2D eigenvalue weighted by Crippen LogP contribution is 2.24. The highest BCUT2D eigenvalue weighted by atomic mass is 16.5. The molecule has 0 saturated heterocycles. The topological polar surface area (TPSA) is 43.4 Å². The number of rotatable bonds is 6. The maximum Gasteiger partial charge on any atom is 0.309 e. The molecule has 0 saturated carbocycles. The van der Waals surface area contributed by atoms with E-state index in [0.29, 0.717) is 6.42 Å². The first-order valence-corrected chi connectivity index (χ1v) is 7.11. The fraction of sp³-hybridized carbons (Fsp3) is 0.444. The van der Waals surface area contributed by atoms with Gasteiger partial charge < -0.3 is 4.74 Å². The lowest BCUT2D eigenvalue weighted by molar-refractivity contribution is -0.148. The van der Waals surface area contributed by atoms with Crippen molar-refractivity contribution in [2.45, 2.75) is 33.6 Å². The summed E-state index contributed by atoms with van der Waals surface area (Å²) in [7, 11) is 1.36. The molecule has 0 bridgehead atoms. The van der Waals surface area contributed by atoms with Crippen LogP contribution in [0.15, 0.2) is 30.8 Å². The van der Waals surface area contributed by atoms with E-state index in [0.717, 1.165) is 11.1 Å². The lowest BCUT2D eigenvalue weighted by atomic mass is 9.83. The van der Waals surface area contributed by atoms with Gasteiger partial charge >= 0.3 is 5.97 Å². The Morgan fingerprint density at radius 1 is 1.29 bits per heavy atom. The predicted molar refractivity (Wildman–Crippen MR) is 84.8 cm³/mol. The molecule has 0 amide bonds. The molecule has 0 aliphatic carbocycles. The Morgan fingerprint density at radius 3 is 2.43 bits per heavy atom. The van der Waals surface area contributed by atoms with E-state index in [1.54, 1.807) is 6.08 Å². The van der Waals surface area contributed by atoms with Gasteiger partial charge in [0.15, 0.2) is 0 Å². The maximum atomic E-state index is 12.2. The molecule has 1 unspecified atom stereocenters. The largest absolute Gasteiger partial charge is 0.469 e. The van der Waals surface area contributed by atoms with Crippen LogP contribution in [0, 0.1) is 11.3 Å². The van der Waals surface area contributed by atoms with E-state index in [9.17, 15) is 9.59 Å². The van der Waals surface area contributed by atoms with E-state index in [2.05, 4.69) is 6.58 Å². The molecule has 1 rings (SSSR count). The molecule has 0 radical (unpaired) electrons. The van der Waals surface area contributed by atoms with E-state index in [1.807, 2.05) is 45.0 Å². The van der Waals surface area contributed by atoms with E-state index in [4.69, 9.17) is 4.74 Å². The minimum absolute atomic E-state index is 0.0639. The minimum atomic E-state index is -0.456. The summed E-state index contributed by atoms with van der Waals surface area (Å²) >= 11 is 0. The van der Waals surface area contributed by atoms with Crippen LogP contribution in [-0.2, 0) is 20.7 Å². The Labute approximate surface area is 127 Å². The Bertz CT molecular complexity index is 524. The Balaban J connectivity index is 2.96. The molecule has 21 heavy (non-hydrogen) atoms. The van der Waals surface area contributed by atoms with Crippen LogP contribution in [0.5, 0.6) is 0 Å². The van der Waals surface area contributed by atoms with Gasteiger partial charge in [0.25, 0.3) is 0 Å². The SMILES string of the molecule is C=Cc1ccccc1CC(CC(=O)C(C)(C)C)C(=O)OC. The van der Waals surface area contributed by atoms with Crippen LogP contribution in [0.1, 0.15) is 38.3 Å². The molecule has 1 aromatic rings. The van der Waals surface area contributed by atoms with Gasteiger partial charge in [-0.15, -0.1) is 0 Å². The first kappa shape index (κ1) is 17.2. The molecule has 0 N–H and O–H groups in total. The van der Waals surface area contributed by atoms with Gasteiger partial charge in [0.1, 0.15) is 5.78 Å². The van der Waals surface area contributed by atoms with Crippen molar-refractivity contribution in [3.63, 3.8) is 0 Å². The monoisotopic (exact) mass is 288 g/mol. The van der Waals surface area contributed by atoms with Crippen LogP contribution in [0.2, 0.25) is 0 Å². The molecule has 0 aliphatic heterocycles. The highest BCUT2D eigenvalue weighted by molar-refractivity contribution is 5.88. The summed E-state index contributed by atoms with van der Waals surface area (Å²) < 4.78 is 4.85. The summed E-state index contributed by atoms with van der Waals surface area (Å²) in [5, 5.41) is 0. The number of benzene rings is 1. The smallest absolute Gasteiger partial charge is 0.309 e. The van der Waals surface area contributed by atoms with Crippen LogP contribution in [0.25, 0.3) is 6.08 Å². The summed E-state index contributed by atoms with van der Waals surface area (Å²) in [4.78, 5) is 24.2. The van der Waals surface area contributed by atoms with Crippen molar-refractivity contribution in [3.8, 4) is 0 Å². The molecule has 1 aromatic carbocycles. The van der Waals surface area contributed by atoms with Gasteiger partial charge in [-0.1, -0.05) is 57.7 Å². The molecule has 0 aromatic heterocycles. The van der Waals surface area contributed by atoms with Crippen LogP contribution in [-0.4, -0.2) is 18.9 Å². The van der Waals surface area contributed by atoms with Gasteiger partial charge in [0.2, 0.25) is 0 Å². The quantitative estimate of drug-likeness (QED) is 0.750. The van der Waals surface area contributed by atoms with Crippen molar-refractivity contribution in [1.82, 2.24) is 0 Å². The summed E-state index contributed by atoms with van der Waals surface area (Å²) in [5.74, 6) is -0.733. The fourth-order valence-corrected chi connectivity index (χ4v) is 2.12. The van der Waals surface area contributed by atoms with Gasteiger partial charge in [-0.3, -0.25) is 9.59 Å². The second-order valence-corrected chi connectivity index (χ2v) is 6.20. The third-order valence-corrected chi connectivity index (χ3v) is 3.54. The zero-order chi connectivity index (χ0) is 16.0. The van der Waals surface area contributed by atoms with Crippen LogP contribution < -0.4 is 0 Å². The van der Waals surface area contributed by atoms with Crippen LogP contribution in [0.4, 0.5) is 0 Å². The van der Waals surface area contributed by atoms with Gasteiger partial charge in [-0.2, -0.15) is 0 Å². The zero-order valence-electron chi connectivity index (χ0n) is 13.3. The molecule has 114 valence electrons. The summed E-state index contributed by atoms with van der Waals surface area (Å²) in [6.45, 7) is 9.37. The molecule has 0 aliphatic rings. The van der Waals surface area contributed by atoms with E-state index in [-0.39, 0.29) is 18.2 Å². The van der Waals surface area contributed by atoms with Crippen LogP contribution >= 0.6 is 0 Å². The second kappa shape index (κ2) is 7.21. The number of Topliss-reactive ketones (excluding diaryl/α,β-unsaturated/α-hetero) is 1. The molecular formula is C18H24O3. The van der Waals surface area contributed by atoms with Crippen LogP contribution in [0.3, 0.4) is 0 Å². The second-order valence-electron chi connectivity index (χ2n) is 6.20. The third-order valence-electron chi connectivity index (χ3n) is 3.54. The Morgan fingerprint density at radius 2 is 1.90 bits per heavy atom. The normalized spacial score (nSPS) is 12.6. The molecule has 0 heterocycles. The molecular weight excluding hydrogens is 264 g/mol. The minimum Gasteiger partial charge on any atom is -0.469 e. The number of ketones is 1. The predicted octanol–water partition coefficient (Wildman–Crippen LogP) is 3.67. The number of carbonyl (C=O) groups excluding carboxylic acids is 2. The molecule has 0 fully saturated rings. The highest BCUT2D eigenvalue weighted by Gasteiger charge is 2.29. The van der Waals surface area contributed by atoms with Crippen molar-refractivity contribution in [2.24, 2.45) is 11.3 Å². The summed E-state index contributed by atoms with van der Waals surface area (Å²) in [6, 6.07) is 7.74. The lowest BCUT2D eigenvalue weighted by Crippen LogP contribution is -2.28. The average molecular weight is 288 g/mol.